The van der Waals surface area contributed by atoms with Gasteiger partial charge in [-0.2, -0.15) is 0 Å². The fraction of sp³-hybridized carbons (Fsp3) is 0.355. The Balaban J connectivity index is 1.69. The highest BCUT2D eigenvalue weighted by molar-refractivity contribution is 6.30. The van der Waals surface area contributed by atoms with Crippen LogP contribution < -0.4 is 9.47 Å². The van der Waals surface area contributed by atoms with Gasteiger partial charge in [-0.1, -0.05) is 60.5 Å². The number of methoxy groups -OCH3 is 2. The molecule has 3 aromatic carbocycles. The van der Waals surface area contributed by atoms with Crippen LogP contribution in [0, 0.1) is 0 Å². The molecule has 8 nitrogen and oxygen atoms in total. The van der Waals surface area contributed by atoms with E-state index in [0.29, 0.717) is 28.0 Å². The number of amides is 1. The lowest BCUT2D eigenvalue weighted by atomic mass is 9.89. The summed E-state index contributed by atoms with van der Waals surface area (Å²) in [6, 6.07) is 19.0. The van der Waals surface area contributed by atoms with Crippen molar-refractivity contribution in [2.24, 2.45) is 0 Å². The zero-order valence-corrected chi connectivity index (χ0v) is 24.6. The molecule has 41 heavy (non-hydrogen) atoms. The predicted molar refractivity (Wildman–Crippen MR) is 156 cm³/mol. The van der Waals surface area contributed by atoms with E-state index in [0.717, 1.165) is 16.7 Å². The number of carboxylic acids is 1. The monoisotopic (exact) mass is 601 g/mol. The second-order valence-corrected chi connectivity index (χ2v) is 10.6. The molecule has 0 spiro atoms. The summed E-state index contributed by atoms with van der Waals surface area (Å²) in [6.45, 7) is 2.45. The number of benzene rings is 3. The van der Waals surface area contributed by atoms with E-state index in [1.807, 2.05) is 43.3 Å². The van der Waals surface area contributed by atoms with Crippen LogP contribution in [0.2, 0.25) is 10.0 Å². The highest BCUT2D eigenvalue weighted by Gasteiger charge is 2.47. The van der Waals surface area contributed by atoms with Crippen LogP contribution in [0.25, 0.3) is 0 Å². The first-order chi connectivity index (χ1) is 19.7. The Bertz CT molecular complexity index is 1350. The normalized spacial score (nSPS) is 19.6. The van der Waals surface area contributed by atoms with Crippen LogP contribution in [0.5, 0.6) is 11.5 Å². The van der Waals surface area contributed by atoms with Crippen molar-refractivity contribution in [3.05, 3.63) is 93.5 Å². The van der Waals surface area contributed by atoms with Crippen LogP contribution in [0.3, 0.4) is 0 Å². The maximum atomic E-state index is 13.9. The number of aliphatic carboxylic acids is 1. The smallest absolute Gasteiger partial charge is 0.306 e. The molecule has 0 aliphatic carbocycles. The highest BCUT2D eigenvalue weighted by Crippen LogP contribution is 2.44. The van der Waals surface area contributed by atoms with Crippen LogP contribution in [-0.2, 0) is 25.7 Å². The minimum atomic E-state index is -1.18. The van der Waals surface area contributed by atoms with Gasteiger partial charge in [0.25, 0.3) is 5.91 Å². The number of nitrogens with zero attached hydrogens (tertiary/aromatic N) is 1. The maximum absolute atomic E-state index is 13.9. The number of carbonyl (C=O) groups excluding carboxylic acids is 1. The molecule has 1 saturated heterocycles. The van der Waals surface area contributed by atoms with Crippen LogP contribution >= 0.6 is 23.2 Å². The third-order valence-electron chi connectivity index (χ3n) is 7.07. The first kappa shape index (κ1) is 30.7. The van der Waals surface area contributed by atoms with Crippen LogP contribution in [0.15, 0.2) is 66.7 Å². The number of hydrogen-bond acceptors (Lipinski definition) is 6. The van der Waals surface area contributed by atoms with Crippen molar-refractivity contribution in [2.45, 2.75) is 50.7 Å². The molecule has 1 amide bonds. The molecule has 4 atom stereocenters. The molecule has 1 aliphatic rings. The molecule has 4 rings (SSSR count). The summed E-state index contributed by atoms with van der Waals surface area (Å²) in [5, 5.41) is 10.7. The van der Waals surface area contributed by atoms with Gasteiger partial charge in [0.15, 0.2) is 11.5 Å². The lowest BCUT2D eigenvalue weighted by Gasteiger charge is -2.48. The molecule has 1 aliphatic heterocycles. The zero-order chi connectivity index (χ0) is 29.5. The summed E-state index contributed by atoms with van der Waals surface area (Å²) in [5.74, 6) is -0.334. The van der Waals surface area contributed by atoms with Gasteiger partial charge in [0, 0.05) is 10.0 Å². The summed E-state index contributed by atoms with van der Waals surface area (Å²) in [6.07, 6.45) is -1.77. The zero-order valence-electron chi connectivity index (χ0n) is 23.1. The van der Waals surface area contributed by atoms with Gasteiger partial charge in [-0.15, -0.1) is 0 Å². The van der Waals surface area contributed by atoms with Crippen molar-refractivity contribution >= 4 is 35.1 Å². The Labute approximate surface area is 249 Å². The van der Waals surface area contributed by atoms with E-state index in [2.05, 4.69) is 0 Å². The number of ether oxygens (including phenoxy) is 4. The van der Waals surface area contributed by atoms with Crippen molar-refractivity contribution in [1.29, 1.82) is 0 Å². The van der Waals surface area contributed by atoms with Crippen LogP contribution in [0.4, 0.5) is 0 Å². The number of rotatable bonds is 12. The van der Waals surface area contributed by atoms with Gasteiger partial charge in [0.1, 0.15) is 12.2 Å². The topological polar surface area (TPSA) is 94.5 Å². The molecule has 0 unspecified atom stereocenters. The number of hydrogen-bond donors (Lipinski definition) is 1. The van der Waals surface area contributed by atoms with E-state index < -0.39 is 36.5 Å². The molecule has 0 radical (unpaired) electrons. The second-order valence-electron chi connectivity index (χ2n) is 9.71. The third-order valence-corrected chi connectivity index (χ3v) is 7.55. The summed E-state index contributed by atoms with van der Waals surface area (Å²) in [7, 11) is 3.14. The van der Waals surface area contributed by atoms with Crippen molar-refractivity contribution < 1.29 is 33.6 Å². The van der Waals surface area contributed by atoms with Crippen molar-refractivity contribution in [1.82, 2.24) is 4.90 Å². The van der Waals surface area contributed by atoms with Crippen LogP contribution in [-0.4, -0.2) is 54.9 Å². The van der Waals surface area contributed by atoms with Gasteiger partial charge in [0.2, 0.25) is 0 Å². The Morgan fingerprint density at radius 3 is 2.34 bits per heavy atom. The first-order valence-electron chi connectivity index (χ1n) is 13.2. The highest BCUT2D eigenvalue weighted by atomic mass is 35.5. The molecule has 1 heterocycles. The third kappa shape index (κ3) is 7.32. The van der Waals surface area contributed by atoms with E-state index in [9.17, 15) is 14.7 Å². The van der Waals surface area contributed by atoms with Gasteiger partial charge in [-0.25, -0.2) is 0 Å². The van der Waals surface area contributed by atoms with Gasteiger partial charge in [-0.05, 0) is 59.5 Å². The van der Waals surface area contributed by atoms with E-state index in [4.69, 9.17) is 42.1 Å². The van der Waals surface area contributed by atoms with E-state index >= 15 is 0 Å². The Kier molecular flexibility index (Phi) is 10.5. The molecule has 0 aromatic heterocycles. The Morgan fingerprint density at radius 2 is 1.71 bits per heavy atom. The standard InChI is InChI=1S/C31H33Cl2NO7/c1-4-24(18-40-17-19-8-13-25(38-2)26(14-19)39-3)34-29(20-9-11-22(32)12-10-20)30(21-6-5-7-23(33)15-21)41-27(31(34)37)16-28(35)36/h5-15,24,27,29-30H,4,16-18H2,1-3H3,(H,35,36)/t24-,27+,29+,30-/m0/s1. The van der Waals surface area contributed by atoms with E-state index in [-0.39, 0.29) is 19.3 Å². The SMILES string of the molecule is CC[C@@H](COCc1ccc(OC)c(OC)c1)N1C(=O)[C@@H](CC(=O)O)O[C@@H](c2cccc(Cl)c2)[C@H]1c1ccc(Cl)cc1. The average Bonchev–Trinajstić information content (AvgIpc) is 2.96. The number of carboxylic acid groups (broad SMARTS) is 1. The average molecular weight is 603 g/mol. The molecule has 218 valence electrons. The fourth-order valence-electron chi connectivity index (χ4n) is 5.08. The van der Waals surface area contributed by atoms with Gasteiger partial charge in [0.05, 0.1) is 45.9 Å². The van der Waals surface area contributed by atoms with Gasteiger partial charge >= 0.3 is 5.97 Å². The lowest BCUT2D eigenvalue weighted by molar-refractivity contribution is -0.185. The lowest BCUT2D eigenvalue weighted by Crippen LogP contribution is -2.56. The number of carbonyl (C=O) groups is 2. The van der Waals surface area contributed by atoms with Gasteiger partial charge < -0.3 is 29.0 Å². The van der Waals surface area contributed by atoms with Crippen molar-refractivity contribution in [3.8, 4) is 11.5 Å². The Morgan fingerprint density at radius 1 is 0.976 bits per heavy atom. The van der Waals surface area contributed by atoms with Crippen molar-refractivity contribution in [2.75, 3.05) is 20.8 Å². The first-order valence-corrected chi connectivity index (χ1v) is 14.0. The quantitative estimate of drug-likeness (QED) is 0.253. The molecule has 0 saturated carbocycles. The summed E-state index contributed by atoms with van der Waals surface area (Å²) < 4.78 is 23.1. The molecular weight excluding hydrogens is 569 g/mol. The largest absolute Gasteiger partial charge is 0.493 e. The Hall–Kier alpha value is -3.30. The molecular formula is C31H33Cl2NO7. The predicted octanol–water partition coefficient (Wildman–Crippen LogP) is 6.49. The number of morpholine rings is 1. The molecule has 3 aromatic rings. The van der Waals surface area contributed by atoms with Gasteiger partial charge in [-0.3, -0.25) is 9.59 Å². The fourth-order valence-corrected chi connectivity index (χ4v) is 5.40. The second kappa shape index (κ2) is 14.0. The maximum Gasteiger partial charge on any atom is 0.306 e. The number of halogens is 2. The molecule has 0 bridgehead atoms. The van der Waals surface area contributed by atoms with Crippen LogP contribution in [0.1, 0.15) is 48.6 Å². The van der Waals surface area contributed by atoms with E-state index in [1.54, 1.807) is 49.5 Å². The summed E-state index contributed by atoms with van der Waals surface area (Å²) in [5.41, 5.74) is 2.40. The van der Waals surface area contributed by atoms with Crippen molar-refractivity contribution in [3.63, 3.8) is 0 Å². The minimum absolute atomic E-state index is 0.211. The van der Waals surface area contributed by atoms with E-state index in [1.165, 1.54) is 0 Å². The summed E-state index contributed by atoms with van der Waals surface area (Å²) >= 11 is 12.5. The molecule has 1 N–H and O–H groups in total. The molecule has 1 fully saturated rings. The molecule has 10 heteroatoms. The minimum Gasteiger partial charge on any atom is -0.493 e. The summed E-state index contributed by atoms with van der Waals surface area (Å²) in [4.78, 5) is 27.4.